The van der Waals surface area contributed by atoms with E-state index in [1.165, 1.54) is 16.3 Å². The van der Waals surface area contributed by atoms with Crippen LogP contribution in [0.15, 0.2) is 69.9 Å². The van der Waals surface area contributed by atoms with Gasteiger partial charge in [-0.2, -0.15) is 0 Å². The van der Waals surface area contributed by atoms with Crippen LogP contribution in [0.1, 0.15) is 0 Å². The summed E-state index contributed by atoms with van der Waals surface area (Å²) in [7, 11) is 0. The lowest BCUT2D eigenvalue weighted by atomic mass is 10.3. The van der Waals surface area contributed by atoms with Crippen LogP contribution in [0.5, 0.6) is 11.8 Å². The van der Waals surface area contributed by atoms with Crippen LogP contribution >= 0.6 is 23.1 Å². The molecule has 4 nitrogen and oxygen atoms in total. The maximum atomic E-state index is 10.5. The van der Waals surface area contributed by atoms with Crippen molar-refractivity contribution in [3.63, 3.8) is 0 Å². The third-order valence-electron chi connectivity index (χ3n) is 3.41. The van der Waals surface area contributed by atoms with Gasteiger partial charge in [-0.1, -0.05) is 42.1 Å². The third-order valence-corrected chi connectivity index (χ3v) is 5.52. The molecule has 0 fully saturated rings. The van der Waals surface area contributed by atoms with Crippen LogP contribution in [0.3, 0.4) is 0 Å². The van der Waals surface area contributed by atoms with Gasteiger partial charge in [0.15, 0.2) is 10.2 Å². The number of rotatable bonds is 3. The molecule has 0 atom stereocenters. The fourth-order valence-corrected chi connectivity index (χ4v) is 4.44. The Kier molecular flexibility index (Phi) is 3.48. The Morgan fingerprint density at radius 3 is 2.48 bits per heavy atom. The number of benzene rings is 2. The van der Waals surface area contributed by atoms with E-state index >= 15 is 0 Å². The Morgan fingerprint density at radius 1 is 0.957 bits per heavy atom. The van der Waals surface area contributed by atoms with Crippen LogP contribution in [-0.4, -0.2) is 19.8 Å². The van der Waals surface area contributed by atoms with Gasteiger partial charge in [-0.05, 0) is 24.3 Å². The summed E-state index contributed by atoms with van der Waals surface area (Å²) in [6.45, 7) is 0. The molecule has 4 aromatic rings. The van der Waals surface area contributed by atoms with Crippen LogP contribution in [-0.2, 0) is 0 Å². The molecule has 4 rings (SSSR count). The Balaban J connectivity index is 1.73. The van der Waals surface area contributed by atoms with E-state index < -0.39 is 0 Å². The molecule has 0 spiro atoms. The zero-order valence-electron chi connectivity index (χ0n) is 11.9. The van der Waals surface area contributed by atoms with E-state index in [9.17, 15) is 10.2 Å². The van der Waals surface area contributed by atoms with Gasteiger partial charge in [0.05, 0.1) is 20.8 Å². The van der Waals surface area contributed by atoms with Crippen LogP contribution in [0.4, 0.5) is 0 Å². The van der Waals surface area contributed by atoms with Gasteiger partial charge in [0.25, 0.3) is 0 Å². The maximum absolute atomic E-state index is 10.5. The minimum Gasteiger partial charge on any atom is -0.494 e. The highest BCUT2D eigenvalue weighted by Crippen LogP contribution is 2.42. The molecular formula is C17H12N2O2S2. The number of fused-ring (bicyclic) bond motifs is 1. The van der Waals surface area contributed by atoms with Crippen molar-refractivity contribution in [3.05, 3.63) is 60.7 Å². The lowest BCUT2D eigenvalue weighted by Crippen LogP contribution is -1.91. The van der Waals surface area contributed by atoms with Gasteiger partial charge in [-0.15, -0.1) is 11.3 Å². The summed E-state index contributed by atoms with van der Waals surface area (Å²) in [6.07, 6.45) is 0. The lowest BCUT2D eigenvalue weighted by molar-refractivity contribution is 0.398. The van der Waals surface area contributed by atoms with E-state index in [2.05, 4.69) is 4.98 Å². The first-order valence-corrected chi connectivity index (χ1v) is 8.58. The van der Waals surface area contributed by atoms with Crippen molar-refractivity contribution in [2.45, 2.75) is 9.24 Å². The molecule has 2 aromatic carbocycles. The van der Waals surface area contributed by atoms with E-state index in [1.807, 2.05) is 54.6 Å². The number of nitrogens with zero attached hydrogens (tertiary/aromatic N) is 2. The van der Waals surface area contributed by atoms with E-state index in [0.717, 1.165) is 14.6 Å². The largest absolute Gasteiger partial charge is 0.494 e. The average Bonchev–Trinajstić information content (AvgIpc) is 3.09. The molecule has 0 saturated heterocycles. The fourth-order valence-electron chi connectivity index (χ4n) is 2.36. The van der Waals surface area contributed by atoms with Gasteiger partial charge in [0.1, 0.15) is 0 Å². The predicted molar refractivity (Wildman–Crippen MR) is 92.8 cm³/mol. The number of hydrogen-bond donors (Lipinski definition) is 2. The highest BCUT2D eigenvalue weighted by Gasteiger charge is 2.17. The van der Waals surface area contributed by atoms with E-state index in [1.54, 1.807) is 17.4 Å². The van der Waals surface area contributed by atoms with Gasteiger partial charge in [0.2, 0.25) is 5.88 Å². The van der Waals surface area contributed by atoms with E-state index in [-0.39, 0.29) is 11.8 Å². The molecule has 0 saturated carbocycles. The van der Waals surface area contributed by atoms with Gasteiger partial charge >= 0.3 is 0 Å². The van der Waals surface area contributed by atoms with Gasteiger partial charge < -0.3 is 10.2 Å². The third kappa shape index (κ3) is 2.56. The molecule has 23 heavy (non-hydrogen) atoms. The molecule has 6 heteroatoms. The Hall–Kier alpha value is -2.44. The van der Waals surface area contributed by atoms with Crippen LogP contribution in [0, 0.1) is 0 Å². The molecule has 2 heterocycles. The first-order valence-electron chi connectivity index (χ1n) is 6.95. The monoisotopic (exact) mass is 340 g/mol. The topological polar surface area (TPSA) is 58.3 Å². The minimum absolute atomic E-state index is 0.00249. The van der Waals surface area contributed by atoms with Crippen LogP contribution in [0.2, 0.25) is 0 Å². The quantitative estimate of drug-likeness (QED) is 0.570. The second-order valence-electron chi connectivity index (χ2n) is 4.91. The summed E-state index contributed by atoms with van der Waals surface area (Å²) in [6, 6.07) is 18.7. The average molecular weight is 340 g/mol. The molecule has 0 aliphatic rings. The number of para-hydroxylation sites is 2. The molecular weight excluding hydrogens is 328 g/mol. The fraction of sp³-hybridized carbons (Fsp3) is 0. The SMILES string of the molecule is Oc1cc(Sc2nc3ccccc3s2)c(O)n1-c1ccccc1. The van der Waals surface area contributed by atoms with E-state index in [0.29, 0.717) is 10.6 Å². The Bertz CT molecular complexity index is 944. The van der Waals surface area contributed by atoms with E-state index in [4.69, 9.17) is 0 Å². The first-order chi connectivity index (χ1) is 11.2. The van der Waals surface area contributed by atoms with Crippen molar-refractivity contribution in [2.24, 2.45) is 0 Å². The standard InChI is InChI=1S/C17H12N2O2S2/c20-15-10-14(16(21)19(15)11-6-2-1-3-7-11)23-17-18-12-8-4-5-9-13(12)22-17/h1-10,20-21H. The smallest absolute Gasteiger partial charge is 0.213 e. The van der Waals surface area contributed by atoms with Gasteiger partial charge in [-0.3, -0.25) is 4.57 Å². The molecule has 0 amide bonds. The molecule has 0 unspecified atom stereocenters. The minimum atomic E-state index is -0.00249. The Morgan fingerprint density at radius 2 is 1.70 bits per heavy atom. The number of aromatic hydroxyl groups is 2. The molecule has 0 radical (unpaired) electrons. The van der Waals surface area contributed by atoms with Crippen molar-refractivity contribution in [3.8, 4) is 17.4 Å². The zero-order chi connectivity index (χ0) is 15.8. The highest BCUT2D eigenvalue weighted by molar-refractivity contribution is 8.01. The first kappa shape index (κ1) is 14.2. The molecule has 0 aliphatic carbocycles. The zero-order valence-corrected chi connectivity index (χ0v) is 13.5. The molecule has 2 N–H and O–H groups in total. The van der Waals surface area contributed by atoms with Crippen LogP contribution < -0.4 is 0 Å². The summed E-state index contributed by atoms with van der Waals surface area (Å²) in [4.78, 5) is 5.11. The van der Waals surface area contributed by atoms with Crippen LogP contribution in [0.25, 0.3) is 15.9 Å². The molecule has 0 bridgehead atoms. The molecule has 2 aromatic heterocycles. The summed E-state index contributed by atoms with van der Waals surface area (Å²) < 4.78 is 3.34. The number of thiazole rings is 1. The van der Waals surface area contributed by atoms with Crippen molar-refractivity contribution >= 4 is 33.3 Å². The maximum Gasteiger partial charge on any atom is 0.213 e. The van der Waals surface area contributed by atoms with Gasteiger partial charge in [0, 0.05) is 6.07 Å². The number of hydrogen-bond acceptors (Lipinski definition) is 5. The van der Waals surface area contributed by atoms with Crippen molar-refractivity contribution < 1.29 is 10.2 Å². The predicted octanol–water partition coefficient (Wildman–Crippen LogP) is 4.65. The lowest BCUT2D eigenvalue weighted by Gasteiger charge is -2.06. The second-order valence-corrected chi connectivity index (χ2v) is 7.23. The van der Waals surface area contributed by atoms with Crippen molar-refractivity contribution in [2.75, 3.05) is 0 Å². The normalized spacial score (nSPS) is 11.1. The Labute approximate surface area is 140 Å². The second kappa shape index (κ2) is 5.64. The summed E-state index contributed by atoms with van der Waals surface area (Å²) in [5, 5.41) is 20.6. The summed E-state index contributed by atoms with van der Waals surface area (Å²) in [5.74, 6) is 0.00951. The number of aromatic nitrogens is 2. The summed E-state index contributed by atoms with van der Waals surface area (Å²) in [5.41, 5.74) is 1.64. The van der Waals surface area contributed by atoms with Crippen molar-refractivity contribution in [1.82, 2.24) is 9.55 Å². The summed E-state index contributed by atoms with van der Waals surface area (Å²) >= 11 is 2.91. The highest BCUT2D eigenvalue weighted by atomic mass is 32.2. The molecule has 114 valence electrons. The van der Waals surface area contributed by atoms with Gasteiger partial charge in [-0.25, -0.2) is 4.98 Å². The van der Waals surface area contributed by atoms with Crippen molar-refractivity contribution in [1.29, 1.82) is 0 Å². The molecule has 0 aliphatic heterocycles.